The van der Waals surface area contributed by atoms with Gasteiger partial charge in [0.1, 0.15) is 11.6 Å². The number of carbonyl (C=O) groups excluding carboxylic acids is 1. The molecule has 2 heterocycles. The molecule has 0 bridgehead atoms. The number of anilines is 1. The van der Waals surface area contributed by atoms with Crippen molar-refractivity contribution >= 4 is 46.7 Å². The number of nitrogens with one attached hydrogen (secondary N) is 1. The SMILES string of the molecule is O=C(COc1ccc(Cl)cc1)Nc1c2c(nn1-c1cccc(Cl)c1)CSC2. The van der Waals surface area contributed by atoms with Gasteiger partial charge in [-0.2, -0.15) is 16.9 Å². The number of fused-ring (bicyclic) bond motifs is 1. The number of thioether (sulfide) groups is 1. The highest BCUT2D eigenvalue weighted by molar-refractivity contribution is 7.98. The van der Waals surface area contributed by atoms with Crippen LogP contribution in [0.15, 0.2) is 48.5 Å². The maximum atomic E-state index is 12.5. The van der Waals surface area contributed by atoms with Gasteiger partial charge in [0.15, 0.2) is 6.61 Å². The third-order valence-corrected chi connectivity index (χ3v) is 5.50. The van der Waals surface area contributed by atoms with E-state index in [1.54, 1.807) is 46.8 Å². The molecule has 1 amide bonds. The molecule has 138 valence electrons. The number of carbonyl (C=O) groups is 1. The third-order valence-electron chi connectivity index (χ3n) is 4.05. The van der Waals surface area contributed by atoms with E-state index in [0.717, 1.165) is 28.5 Å². The van der Waals surface area contributed by atoms with Crippen molar-refractivity contribution in [1.82, 2.24) is 9.78 Å². The van der Waals surface area contributed by atoms with Crippen LogP contribution in [0.2, 0.25) is 10.0 Å². The molecule has 0 spiro atoms. The Morgan fingerprint density at radius 2 is 1.96 bits per heavy atom. The normalized spacial score (nSPS) is 12.7. The van der Waals surface area contributed by atoms with Crippen molar-refractivity contribution in [2.24, 2.45) is 0 Å². The number of ether oxygens (including phenoxy) is 1. The molecule has 3 aromatic rings. The van der Waals surface area contributed by atoms with Crippen molar-refractivity contribution in [3.8, 4) is 11.4 Å². The number of amides is 1. The molecule has 0 aliphatic carbocycles. The van der Waals surface area contributed by atoms with E-state index in [4.69, 9.17) is 27.9 Å². The zero-order chi connectivity index (χ0) is 18.8. The van der Waals surface area contributed by atoms with Crippen molar-refractivity contribution in [2.75, 3.05) is 11.9 Å². The van der Waals surface area contributed by atoms with Crippen LogP contribution in [-0.2, 0) is 16.3 Å². The average Bonchev–Trinajstić information content (AvgIpc) is 3.24. The van der Waals surface area contributed by atoms with Gasteiger partial charge in [-0.25, -0.2) is 4.68 Å². The molecule has 0 atom stereocenters. The van der Waals surface area contributed by atoms with Crippen LogP contribution in [-0.4, -0.2) is 22.3 Å². The lowest BCUT2D eigenvalue weighted by molar-refractivity contribution is -0.118. The van der Waals surface area contributed by atoms with Crippen LogP contribution < -0.4 is 10.1 Å². The van der Waals surface area contributed by atoms with Crippen LogP contribution in [0.4, 0.5) is 5.82 Å². The highest BCUT2D eigenvalue weighted by Crippen LogP contribution is 2.36. The predicted molar refractivity (Wildman–Crippen MR) is 109 cm³/mol. The largest absolute Gasteiger partial charge is 0.484 e. The molecule has 1 aliphatic heterocycles. The van der Waals surface area contributed by atoms with E-state index in [1.165, 1.54) is 0 Å². The summed E-state index contributed by atoms with van der Waals surface area (Å²) in [6, 6.07) is 14.3. The van der Waals surface area contributed by atoms with Gasteiger partial charge in [-0.3, -0.25) is 4.79 Å². The number of rotatable bonds is 5. The van der Waals surface area contributed by atoms with Crippen LogP contribution in [0.25, 0.3) is 5.69 Å². The van der Waals surface area contributed by atoms with Crippen molar-refractivity contribution < 1.29 is 9.53 Å². The lowest BCUT2D eigenvalue weighted by Crippen LogP contribution is -2.22. The molecular formula is C19H15Cl2N3O2S. The summed E-state index contributed by atoms with van der Waals surface area (Å²) in [4.78, 5) is 12.5. The number of hydrogen-bond donors (Lipinski definition) is 1. The van der Waals surface area contributed by atoms with Crippen molar-refractivity contribution in [3.63, 3.8) is 0 Å². The highest BCUT2D eigenvalue weighted by atomic mass is 35.5. The molecule has 8 heteroatoms. The summed E-state index contributed by atoms with van der Waals surface area (Å²) < 4.78 is 7.26. The molecule has 0 saturated heterocycles. The minimum Gasteiger partial charge on any atom is -0.484 e. The number of halogens is 2. The second-order valence-corrected chi connectivity index (χ2v) is 7.81. The standard InChI is InChI=1S/C19H15Cl2N3O2S/c20-12-4-6-15(7-5-12)26-9-18(25)22-19-16-10-27-11-17(16)23-24(19)14-3-1-2-13(21)8-14/h1-8H,9-11H2,(H,22,25). The van der Waals surface area contributed by atoms with Crippen LogP contribution in [0.5, 0.6) is 5.75 Å². The van der Waals surface area contributed by atoms with Crippen molar-refractivity contribution in [2.45, 2.75) is 11.5 Å². The van der Waals surface area contributed by atoms with Gasteiger partial charge in [0.25, 0.3) is 5.91 Å². The summed E-state index contributed by atoms with van der Waals surface area (Å²) in [5.41, 5.74) is 2.82. The maximum absolute atomic E-state index is 12.5. The third kappa shape index (κ3) is 4.08. The Morgan fingerprint density at radius 3 is 2.74 bits per heavy atom. The molecule has 0 fully saturated rings. The lowest BCUT2D eigenvalue weighted by Gasteiger charge is -2.12. The molecule has 2 aromatic carbocycles. The monoisotopic (exact) mass is 419 g/mol. The molecule has 1 aromatic heterocycles. The minimum absolute atomic E-state index is 0.107. The van der Waals surface area contributed by atoms with Crippen molar-refractivity contribution in [1.29, 1.82) is 0 Å². The van der Waals surface area contributed by atoms with Crippen LogP contribution in [0, 0.1) is 0 Å². The van der Waals surface area contributed by atoms with Gasteiger partial charge in [-0.05, 0) is 42.5 Å². The number of hydrogen-bond acceptors (Lipinski definition) is 4. The van der Waals surface area contributed by atoms with Crippen molar-refractivity contribution in [3.05, 3.63) is 69.8 Å². The topological polar surface area (TPSA) is 56.1 Å². The summed E-state index contributed by atoms with van der Waals surface area (Å²) in [6.45, 7) is -0.107. The fourth-order valence-corrected chi connectivity index (χ4v) is 4.13. The van der Waals surface area contributed by atoms with Gasteiger partial charge in [0, 0.05) is 27.1 Å². The molecule has 27 heavy (non-hydrogen) atoms. The van der Waals surface area contributed by atoms with E-state index >= 15 is 0 Å². The van der Waals surface area contributed by atoms with E-state index in [-0.39, 0.29) is 12.5 Å². The van der Waals surface area contributed by atoms with Gasteiger partial charge in [-0.1, -0.05) is 29.3 Å². The number of benzene rings is 2. The lowest BCUT2D eigenvalue weighted by atomic mass is 10.2. The van der Waals surface area contributed by atoms with Crippen LogP contribution in [0.1, 0.15) is 11.3 Å². The Bertz CT molecular complexity index is 989. The molecule has 0 saturated carbocycles. The summed E-state index contributed by atoms with van der Waals surface area (Å²) >= 11 is 13.7. The van der Waals surface area contributed by atoms with Gasteiger partial charge in [0.2, 0.25) is 0 Å². The number of nitrogens with zero attached hydrogens (tertiary/aromatic N) is 2. The Morgan fingerprint density at radius 1 is 1.15 bits per heavy atom. The van der Waals surface area contributed by atoms with Crippen LogP contribution in [0.3, 0.4) is 0 Å². The molecule has 1 N–H and O–H groups in total. The average molecular weight is 420 g/mol. The van der Waals surface area contributed by atoms with E-state index in [9.17, 15) is 4.79 Å². The van der Waals surface area contributed by atoms with Gasteiger partial charge < -0.3 is 10.1 Å². The fourth-order valence-electron chi connectivity index (χ4n) is 2.78. The Labute approximate surface area is 170 Å². The molecule has 4 rings (SSSR count). The van der Waals surface area contributed by atoms with E-state index < -0.39 is 0 Å². The maximum Gasteiger partial charge on any atom is 0.263 e. The van der Waals surface area contributed by atoms with Gasteiger partial charge >= 0.3 is 0 Å². The fraction of sp³-hybridized carbons (Fsp3) is 0.158. The summed E-state index contributed by atoms with van der Waals surface area (Å²) in [5, 5.41) is 8.82. The predicted octanol–water partition coefficient (Wildman–Crippen LogP) is 4.94. The first-order chi connectivity index (χ1) is 13.1. The Balaban J connectivity index is 1.54. The zero-order valence-corrected chi connectivity index (χ0v) is 16.4. The summed E-state index contributed by atoms with van der Waals surface area (Å²) in [5.74, 6) is 2.63. The Hall–Kier alpha value is -2.15. The summed E-state index contributed by atoms with van der Waals surface area (Å²) in [7, 11) is 0. The molecule has 5 nitrogen and oxygen atoms in total. The smallest absolute Gasteiger partial charge is 0.263 e. The van der Waals surface area contributed by atoms with Crippen LogP contribution >= 0.6 is 35.0 Å². The molecule has 1 aliphatic rings. The van der Waals surface area contributed by atoms with E-state index in [0.29, 0.717) is 21.6 Å². The molecular weight excluding hydrogens is 405 g/mol. The van der Waals surface area contributed by atoms with E-state index in [2.05, 4.69) is 10.4 Å². The Kier molecular flexibility index (Phi) is 5.29. The molecule has 0 radical (unpaired) electrons. The first-order valence-corrected chi connectivity index (χ1v) is 10.1. The molecule has 0 unspecified atom stereocenters. The second-order valence-electron chi connectivity index (χ2n) is 5.95. The van der Waals surface area contributed by atoms with Gasteiger partial charge in [-0.15, -0.1) is 0 Å². The first kappa shape index (κ1) is 18.2. The summed E-state index contributed by atoms with van der Waals surface area (Å²) in [6.07, 6.45) is 0. The highest BCUT2D eigenvalue weighted by Gasteiger charge is 2.24. The first-order valence-electron chi connectivity index (χ1n) is 8.23. The van der Waals surface area contributed by atoms with E-state index in [1.807, 2.05) is 18.2 Å². The second kappa shape index (κ2) is 7.84. The minimum atomic E-state index is -0.257. The number of aromatic nitrogens is 2. The zero-order valence-electron chi connectivity index (χ0n) is 14.1. The van der Waals surface area contributed by atoms with Gasteiger partial charge in [0.05, 0.1) is 11.4 Å². The quantitative estimate of drug-likeness (QED) is 0.635.